The Labute approximate surface area is 191 Å². The zero-order valence-corrected chi connectivity index (χ0v) is 18.1. The van der Waals surface area contributed by atoms with Gasteiger partial charge in [-0.15, -0.1) is 0 Å². The molecule has 1 aromatic heterocycles. The number of hydrogen-bond donors (Lipinski definition) is 2. The summed E-state index contributed by atoms with van der Waals surface area (Å²) in [5, 5.41) is 17.8. The van der Waals surface area contributed by atoms with E-state index in [4.69, 9.17) is 9.98 Å². The summed E-state index contributed by atoms with van der Waals surface area (Å²) in [5.41, 5.74) is 7.20. The maximum atomic E-state index is 10.4. The summed E-state index contributed by atoms with van der Waals surface area (Å²) >= 11 is 0. The highest BCUT2D eigenvalue weighted by atomic mass is 16.3. The fraction of sp³-hybridized carbons (Fsp3) is 0.0357. The van der Waals surface area contributed by atoms with Crippen molar-refractivity contribution in [1.29, 1.82) is 0 Å². The van der Waals surface area contributed by atoms with Crippen LogP contribution in [-0.4, -0.2) is 22.1 Å². The van der Waals surface area contributed by atoms with Crippen molar-refractivity contribution < 1.29 is 5.11 Å². The van der Waals surface area contributed by atoms with E-state index in [0.717, 1.165) is 32.9 Å². The minimum atomic E-state index is 0.167. The maximum Gasteiger partial charge on any atom is 0.173 e. The molecule has 2 N–H and O–H groups in total. The molecule has 0 amide bonds. The van der Waals surface area contributed by atoms with E-state index in [1.54, 1.807) is 12.3 Å². The smallest absolute Gasteiger partial charge is 0.173 e. The number of nitrogens with one attached hydrogen (secondary N) is 1. The van der Waals surface area contributed by atoms with Gasteiger partial charge in [0.2, 0.25) is 0 Å². The summed E-state index contributed by atoms with van der Waals surface area (Å²) in [5.74, 6) is 0.681. The molecular weight excluding hydrogens is 408 g/mol. The fourth-order valence-corrected chi connectivity index (χ4v) is 3.66. The van der Waals surface area contributed by atoms with Gasteiger partial charge in [-0.2, -0.15) is 5.10 Å². The summed E-state index contributed by atoms with van der Waals surface area (Å²) in [7, 11) is 0. The van der Waals surface area contributed by atoms with Crippen LogP contribution in [0.15, 0.2) is 107 Å². The molecule has 33 heavy (non-hydrogen) atoms. The Kier molecular flexibility index (Phi) is 5.52. The van der Waals surface area contributed by atoms with Gasteiger partial charge >= 0.3 is 0 Å². The van der Waals surface area contributed by atoms with E-state index >= 15 is 0 Å². The Balaban J connectivity index is 1.53. The lowest BCUT2D eigenvalue weighted by atomic mass is 10.0. The van der Waals surface area contributed by atoms with Crippen LogP contribution in [-0.2, 0) is 0 Å². The van der Waals surface area contributed by atoms with Crippen molar-refractivity contribution in [1.82, 2.24) is 10.4 Å². The quantitative estimate of drug-likeness (QED) is 0.205. The second-order valence-electron chi connectivity index (χ2n) is 7.77. The van der Waals surface area contributed by atoms with E-state index in [-0.39, 0.29) is 5.75 Å². The molecule has 0 atom stereocenters. The van der Waals surface area contributed by atoms with Gasteiger partial charge in [0.05, 0.1) is 17.4 Å². The first-order valence-corrected chi connectivity index (χ1v) is 10.7. The van der Waals surface area contributed by atoms with E-state index in [2.05, 4.69) is 10.5 Å². The molecule has 0 aliphatic carbocycles. The summed E-state index contributed by atoms with van der Waals surface area (Å²) in [6.45, 7) is 2.04. The number of fused-ring (bicyclic) bond motifs is 2. The lowest BCUT2D eigenvalue weighted by Gasteiger charge is -2.08. The van der Waals surface area contributed by atoms with Crippen molar-refractivity contribution in [2.75, 3.05) is 0 Å². The standard InChI is InChI=1S/C28H22N4O/c1-19-10-14-22(15-11-19)30-28(26-16-12-21-7-3-5-9-25(21)31-26)32-29-18-24-23-8-4-2-6-20(23)13-17-27(24)33/h2-18,33H,1H3,(H,30,32)/b29-18+. The minimum absolute atomic E-state index is 0.167. The van der Waals surface area contributed by atoms with Crippen molar-refractivity contribution >= 4 is 39.4 Å². The number of rotatable bonds is 4. The van der Waals surface area contributed by atoms with Crippen molar-refractivity contribution in [3.63, 3.8) is 0 Å². The summed E-state index contributed by atoms with van der Waals surface area (Å²) < 4.78 is 0. The molecule has 0 saturated heterocycles. The number of phenols is 1. The Morgan fingerprint density at radius 3 is 2.39 bits per heavy atom. The molecule has 0 fully saturated rings. The number of nitrogens with zero attached hydrogens (tertiary/aromatic N) is 3. The normalized spacial score (nSPS) is 12.0. The highest BCUT2D eigenvalue weighted by Crippen LogP contribution is 2.25. The predicted molar refractivity (Wildman–Crippen MR) is 135 cm³/mol. The molecule has 5 rings (SSSR count). The average Bonchev–Trinajstić information content (AvgIpc) is 2.85. The van der Waals surface area contributed by atoms with Gasteiger partial charge in [-0.3, -0.25) is 5.43 Å². The average molecular weight is 431 g/mol. The Morgan fingerprint density at radius 2 is 1.55 bits per heavy atom. The Hall–Kier alpha value is -4.51. The third-order valence-corrected chi connectivity index (χ3v) is 5.43. The van der Waals surface area contributed by atoms with Crippen LogP contribution < -0.4 is 5.43 Å². The van der Waals surface area contributed by atoms with Crippen molar-refractivity contribution in [2.45, 2.75) is 6.92 Å². The molecular formula is C28H22N4O. The topological polar surface area (TPSA) is 69.9 Å². The minimum Gasteiger partial charge on any atom is -0.507 e. The maximum absolute atomic E-state index is 10.4. The van der Waals surface area contributed by atoms with Crippen LogP contribution in [0.4, 0.5) is 5.69 Å². The number of aromatic nitrogens is 1. The van der Waals surface area contributed by atoms with Crippen molar-refractivity contribution in [3.05, 3.63) is 114 Å². The van der Waals surface area contributed by atoms with Gasteiger partial charge in [0, 0.05) is 10.9 Å². The number of aryl methyl sites for hydroxylation is 1. The lowest BCUT2D eigenvalue weighted by molar-refractivity contribution is 0.475. The van der Waals surface area contributed by atoms with Gasteiger partial charge in [0.25, 0.3) is 0 Å². The number of aliphatic imine (C=N–C) groups is 1. The van der Waals surface area contributed by atoms with Crippen LogP contribution in [0.2, 0.25) is 0 Å². The third-order valence-electron chi connectivity index (χ3n) is 5.43. The molecule has 160 valence electrons. The molecule has 5 aromatic rings. The van der Waals surface area contributed by atoms with Crippen molar-refractivity contribution in [3.8, 4) is 5.75 Å². The molecule has 0 aliphatic heterocycles. The molecule has 0 radical (unpaired) electrons. The zero-order valence-electron chi connectivity index (χ0n) is 18.1. The number of para-hydroxylation sites is 1. The number of phenolic OH excluding ortho intramolecular Hbond substituents is 1. The number of pyridine rings is 1. The Morgan fingerprint density at radius 1 is 0.818 bits per heavy atom. The number of amidine groups is 1. The molecule has 0 unspecified atom stereocenters. The van der Waals surface area contributed by atoms with Crippen LogP contribution in [0.5, 0.6) is 5.75 Å². The SMILES string of the molecule is Cc1ccc(N=C(N/N=C/c2c(O)ccc3ccccc23)c2ccc3ccccc3n2)cc1. The largest absolute Gasteiger partial charge is 0.507 e. The highest BCUT2D eigenvalue weighted by Gasteiger charge is 2.08. The second kappa shape index (κ2) is 8.93. The number of aromatic hydroxyl groups is 1. The van der Waals surface area contributed by atoms with Crippen LogP contribution in [0.1, 0.15) is 16.8 Å². The molecule has 0 saturated carbocycles. The molecule has 1 heterocycles. The van der Waals surface area contributed by atoms with Crippen molar-refractivity contribution in [2.24, 2.45) is 10.1 Å². The van der Waals surface area contributed by atoms with Crippen LogP contribution in [0, 0.1) is 6.92 Å². The van der Waals surface area contributed by atoms with Crippen LogP contribution in [0.3, 0.4) is 0 Å². The first-order valence-electron chi connectivity index (χ1n) is 10.7. The monoisotopic (exact) mass is 430 g/mol. The predicted octanol–water partition coefficient (Wildman–Crippen LogP) is 6.10. The van der Waals surface area contributed by atoms with E-state index in [9.17, 15) is 5.11 Å². The highest BCUT2D eigenvalue weighted by molar-refractivity contribution is 6.04. The summed E-state index contributed by atoms with van der Waals surface area (Å²) in [6.07, 6.45) is 1.61. The van der Waals surface area contributed by atoms with Crippen LogP contribution in [0.25, 0.3) is 21.7 Å². The molecule has 0 aliphatic rings. The third kappa shape index (κ3) is 4.43. The molecule has 0 spiro atoms. The van der Waals surface area contributed by atoms with Gasteiger partial charge < -0.3 is 5.11 Å². The number of hydrogen-bond acceptors (Lipinski definition) is 4. The molecule has 0 bridgehead atoms. The number of benzene rings is 4. The van der Waals surface area contributed by atoms with E-state index in [1.165, 1.54) is 0 Å². The summed E-state index contributed by atoms with van der Waals surface area (Å²) in [4.78, 5) is 9.53. The van der Waals surface area contributed by atoms with E-state index in [0.29, 0.717) is 17.1 Å². The van der Waals surface area contributed by atoms with Gasteiger partial charge in [-0.05, 0) is 48.0 Å². The first-order chi connectivity index (χ1) is 16.2. The molecule has 4 aromatic carbocycles. The lowest BCUT2D eigenvalue weighted by Crippen LogP contribution is -2.20. The molecule has 5 nitrogen and oxygen atoms in total. The first kappa shape index (κ1) is 20.4. The van der Waals surface area contributed by atoms with Crippen LogP contribution >= 0.6 is 0 Å². The summed E-state index contributed by atoms with van der Waals surface area (Å²) in [6, 6.07) is 31.3. The Bertz CT molecular complexity index is 1500. The van der Waals surface area contributed by atoms with E-state index < -0.39 is 0 Å². The number of hydrazone groups is 1. The van der Waals surface area contributed by atoms with Gasteiger partial charge in [0.1, 0.15) is 11.4 Å². The van der Waals surface area contributed by atoms with Gasteiger partial charge in [0.15, 0.2) is 5.84 Å². The second-order valence-corrected chi connectivity index (χ2v) is 7.77. The zero-order chi connectivity index (χ0) is 22.6. The fourth-order valence-electron chi connectivity index (χ4n) is 3.66. The van der Waals surface area contributed by atoms with Gasteiger partial charge in [-0.25, -0.2) is 9.98 Å². The molecule has 5 heteroatoms. The van der Waals surface area contributed by atoms with E-state index in [1.807, 2.05) is 97.9 Å². The van der Waals surface area contributed by atoms with Gasteiger partial charge in [-0.1, -0.05) is 72.3 Å².